The Bertz CT molecular complexity index is 963. The fraction of sp³-hybridized carbons (Fsp3) is 0.368. The summed E-state index contributed by atoms with van der Waals surface area (Å²) in [6.07, 6.45) is 5.13. The van der Waals surface area contributed by atoms with Crippen molar-refractivity contribution in [2.75, 3.05) is 13.1 Å². The number of aromatic nitrogens is 2. The Balaban J connectivity index is 1.49. The van der Waals surface area contributed by atoms with Gasteiger partial charge in [-0.3, -0.25) is 4.99 Å². The highest BCUT2D eigenvalue weighted by atomic mass is 32.1. The summed E-state index contributed by atoms with van der Waals surface area (Å²) in [5, 5.41) is 8.10. The van der Waals surface area contributed by atoms with E-state index in [-0.39, 0.29) is 5.82 Å². The summed E-state index contributed by atoms with van der Waals surface area (Å²) in [6.45, 7) is 4.12. The summed E-state index contributed by atoms with van der Waals surface area (Å²) in [5.74, 6) is 0.380. The minimum absolute atomic E-state index is 0.265. The Morgan fingerprint density at radius 3 is 2.88 bits per heavy atom. The maximum absolute atomic E-state index is 14.3. The Morgan fingerprint density at radius 1 is 1.24 bits per heavy atom. The van der Waals surface area contributed by atoms with Gasteiger partial charge in [0.05, 0.1) is 10.4 Å². The lowest BCUT2D eigenvalue weighted by atomic mass is 9.96. The highest BCUT2D eigenvalue weighted by Crippen LogP contribution is 2.36. The molecule has 1 aromatic carbocycles. The molecule has 25 heavy (non-hydrogen) atoms. The molecule has 1 fully saturated rings. The minimum Gasteiger partial charge on any atom is -0.317 e. The van der Waals surface area contributed by atoms with Crippen molar-refractivity contribution in [2.24, 2.45) is 4.99 Å². The quantitative estimate of drug-likeness (QED) is 0.744. The summed E-state index contributed by atoms with van der Waals surface area (Å²) < 4.78 is 17.3. The van der Waals surface area contributed by atoms with Gasteiger partial charge in [-0.2, -0.15) is 5.10 Å². The molecule has 0 aliphatic carbocycles. The molecule has 4 nitrogen and oxygen atoms in total. The molecule has 2 aromatic heterocycles. The van der Waals surface area contributed by atoms with E-state index >= 15 is 0 Å². The molecule has 0 saturated carbocycles. The zero-order valence-electron chi connectivity index (χ0n) is 14.1. The van der Waals surface area contributed by atoms with Crippen molar-refractivity contribution in [1.82, 2.24) is 15.1 Å². The molecule has 128 valence electrons. The van der Waals surface area contributed by atoms with Crippen LogP contribution in [0.25, 0.3) is 15.9 Å². The van der Waals surface area contributed by atoms with Crippen molar-refractivity contribution in [3.63, 3.8) is 0 Å². The molecule has 0 atom stereocenters. The van der Waals surface area contributed by atoms with Gasteiger partial charge in [-0.1, -0.05) is 0 Å². The zero-order valence-corrected chi connectivity index (χ0v) is 14.9. The highest BCUT2D eigenvalue weighted by Gasteiger charge is 2.20. The first kappa shape index (κ1) is 15.2. The average molecular weight is 354 g/mol. The lowest BCUT2D eigenvalue weighted by Crippen LogP contribution is -2.26. The van der Waals surface area contributed by atoms with Gasteiger partial charge in [0.15, 0.2) is 5.82 Å². The number of aliphatic imine (C=N–C) groups is 1. The molecule has 1 saturated heterocycles. The zero-order chi connectivity index (χ0) is 17.0. The van der Waals surface area contributed by atoms with Crippen molar-refractivity contribution < 1.29 is 4.39 Å². The van der Waals surface area contributed by atoms with Crippen LogP contribution in [0.2, 0.25) is 0 Å². The Morgan fingerprint density at radius 2 is 2.08 bits per heavy atom. The summed E-state index contributed by atoms with van der Waals surface area (Å²) in [6, 6.07) is 5.75. The molecular formula is C19H19FN4S. The number of piperidine rings is 1. The number of nitrogens with one attached hydrogen (secondary N) is 1. The molecular weight excluding hydrogens is 335 g/mol. The van der Waals surface area contributed by atoms with Gasteiger partial charge >= 0.3 is 0 Å². The van der Waals surface area contributed by atoms with Crippen LogP contribution >= 0.6 is 11.3 Å². The van der Waals surface area contributed by atoms with Gasteiger partial charge in [-0.25, -0.2) is 9.07 Å². The van der Waals surface area contributed by atoms with Gasteiger partial charge in [0.25, 0.3) is 0 Å². The molecule has 2 aliphatic rings. The first-order valence-electron chi connectivity index (χ1n) is 8.74. The Kier molecular flexibility index (Phi) is 3.50. The van der Waals surface area contributed by atoms with E-state index in [1.165, 1.54) is 28.5 Å². The van der Waals surface area contributed by atoms with Crippen molar-refractivity contribution in [3.8, 4) is 5.69 Å². The van der Waals surface area contributed by atoms with E-state index in [2.05, 4.69) is 16.4 Å². The van der Waals surface area contributed by atoms with Crippen LogP contribution in [0, 0.1) is 5.82 Å². The molecule has 6 heteroatoms. The molecule has 0 unspecified atom stereocenters. The average Bonchev–Trinajstić information content (AvgIpc) is 3.27. The summed E-state index contributed by atoms with van der Waals surface area (Å²) >= 11 is 1.82. The molecule has 0 spiro atoms. The third kappa shape index (κ3) is 2.60. The second-order valence-corrected chi connectivity index (χ2v) is 8.07. The van der Waals surface area contributed by atoms with Gasteiger partial charge in [0.1, 0.15) is 11.2 Å². The SMILES string of the molecule is CC1=Nc2c(F)cc(-n3cc4sc(C5CCNCC5)cc4n3)cc2C1. The van der Waals surface area contributed by atoms with Crippen LogP contribution in [-0.4, -0.2) is 28.6 Å². The van der Waals surface area contributed by atoms with Crippen molar-refractivity contribution in [3.05, 3.63) is 40.7 Å². The van der Waals surface area contributed by atoms with Gasteiger partial charge in [0, 0.05) is 29.3 Å². The number of thiophene rings is 1. The van der Waals surface area contributed by atoms with Crippen LogP contribution in [0.5, 0.6) is 0 Å². The number of hydrogen-bond donors (Lipinski definition) is 1. The smallest absolute Gasteiger partial charge is 0.151 e. The number of halogens is 1. The van der Waals surface area contributed by atoms with E-state index < -0.39 is 0 Å². The largest absolute Gasteiger partial charge is 0.317 e. The summed E-state index contributed by atoms with van der Waals surface area (Å²) in [4.78, 5) is 5.72. The van der Waals surface area contributed by atoms with E-state index in [9.17, 15) is 4.39 Å². The highest BCUT2D eigenvalue weighted by molar-refractivity contribution is 7.19. The van der Waals surface area contributed by atoms with Crippen molar-refractivity contribution in [1.29, 1.82) is 0 Å². The first-order valence-corrected chi connectivity index (χ1v) is 9.56. The predicted molar refractivity (Wildman–Crippen MR) is 100 cm³/mol. The van der Waals surface area contributed by atoms with Crippen molar-refractivity contribution in [2.45, 2.75) is 32.1 Å². The third-order valence-corrected chi connectivity index (χ3v) is 6.32. The molecule has 0 amide bonds. The first-order chi connectivity index (χ1) is 12.2. The van der Waals surface area contributed by atoms with Crippen LogP contribution in [0.1, 0.15) is 36.1 Å². The predicted octanol–water partition coefficient (Wildman–Crippen LogP) is 4.34. The van der Waals surface area contributed by atoms with Crippen LogP contribution in [0.4, 0.5) is 10.1 Å². The van der Waals surface area contributed by atoms with Gasteiger partial charge < -0.3 is 5.32 Å². The van der Waals surface area contributed by atoms with Gasteiger partial charge in [-0.05, 0) is 56.5 Å². The van der Waals surface area contributed by atoms with E-state index in [1.807, 2.05) is 30.5 Å². The fourth-order valence-electron chi connectivity index (χ4n) is 3.82. The van der Waals surface area contributed by atoms with Crippen LogP contribution in [0.3, 0.4) is 0 Å². The number of benzene rings is 1. The maximum atomic E-state index is 14.3. The lowest BCUT2D eigenvalue weighted by Gasteiger charge is -2.21. The van der Waals surface area contributed by atoms with E-state index in [0.29, 0.717) is 11.6 Å². The molecule has 5 rings (SSSR count). The summed E-state index contributed by atoms with van der Waals surface area (Å²) in [5.41, 5.74) is 4.17. The molecule has 4 heterocycles. The normalized spacial score (nSPS) is 17.9. The van der Waals surface area contributed by atoms with E-state index in [1.54, 1.807) is 4.68 Å². The van der Waals surface area contributed by atoms with Gasteiger partial charge in [0.2, 0.25) is 0 Å². The fourth-order valence-corrected chi connectivity index (χ4v) is 5.00. The van der Waals surface area contributed by atoms with Crippen LogP contribution in [0.15, 0.2) is 29.4 Å². The topological polar surface area (TPSA) is 42.2 Å². The maximum Gasteiger partial charge on any atom is 0.151 e. The second kappa shape index (κ2) is 5.75. The Hall–Kier alpha value is -2.05. The second-order valence-electron chi connectivity index (χ2n) is 6.96. The summed E-state index contributed by atoms with van der Waals surface area (Å²) in [7, 11) is 0. The molecule has 0 radical (unpaired) electrons. The number of hydrogen-bond acceptors (Lipinski definition) is 4. The van der Waals surface area contributed by atoms with Gasteiger partial charge in [-0.15, -0.1) is 11.3 Å². The molecule has 0 bridgehead atoms. The van der Waals surface area contributed by atoms with Crippen molar-refractivity contribution >= 4 is 33.0 Å². The van der Waals surface area contributed by atoms with Crippen LogP contribution < -0.4 is 5.32 Å². The lowest BCUT2D eigenvalue weighted by molar-refractivity contribution is 0.465. The number of rotatable bonds is 2. The Labute approximate surface area is 149 Å². The third-order valence-electron chi connectivity index (χ3n) is 5.10. The minimum atomic E-state index is -0.265. The monoisotopic (exact) mass is 354 g/mol. The molecule has 3 aromatic rings. The molecule has 2 aliphatic heterocycles. The standard InChI is InChI=1S/C19H19FN4S/c1-11-6-13-7-14(8-15(20)19(13)22-11)24-10-18-16(23-24)9-17(25-18)12-2-4-21-5-3-12/h7-10,12,21H,2-6H2,1H3. The number of nitrogens with zero attached hydrogens (tertiary/aromatic N) is 3. The van der Waals surface area contributed by atoms with E-state index in [0.717, 1.165) is 42.0 Å². The van der Waals surface area contributed by atoms with E-state index in [4.69, 9.17) is 5.10 Å². The van der Waals surface area contributed by atoms with Crippen LogP contribution in [-0.2, 0) is 6.42 Å². The molecule has 1 N–H and O–H groups in total. The number of fused-ring (bicyclic) bond motifs is 2.